The van der Waals surface area contributed by atoms with Crippen LogP contribution >= 0.6 is 0 Å². The number of hydrogen-bond acceptors (Lipinski definition) is 3. The Hall–Kier alpha value is -1.42. The summed E-state index contributed by atoms with van der Waals surface area (Å²) in [4.78, 5) is 4.02. The van der Waals surface area contributed by atoms with E-state index in [1.807, 2.05) is 13.1 Å². The molecule has 0 saturated heterocycles. The Bertz CT molecular complexity index is 422. The molecule has 0 bridgehead atoms. The fourth-order valence-electron chi connectivity index (χ4n) is 1.47. The highest BCUT2D eigenvalue weighted by molar-refractivity contribution is 5.80. The molecule has 0 atom stereocenters. The van der Waals surface area contributed by atoms with Crippen LogP contribution in [0.5, 0.6) is 0 Å². The van der Waals surface area contributed by atoms with E-state index in [0.717, 1.165) is 16.6 Å². The van der Waals surface area contributed by atoms with Gasteiger partial charge in [0.2, 0.25) is 0 Å². The van der Waals surface area contributed by atoms with Crippen LogP contribution < -0.4 is 0 Å². The van der Waals surface area contributed by atoms with Crippen molar-refractivity contribution < 1.29 is 5.11 Å². The minimum Gasteiger partial charge on any atom is -0.396 e. The monoisotopic (exact) mass is 177 g/mol. The predicted octanol–water partition coefficient (Wildman–Crippen LogP) is 0.503. The van der Waals surface area contributed by atoms with E-state index < -0.39 is 0 Å². The van der Waals surface area contributed by atoms with E-state index in [-0.39, 0.29) is 6.61 Å². The van der Waals surface area contributed by atoms with Crippen molar-refractivity contribution in [1.29, 1.82) is 0 Å². The fourth-order valence-corrected chi connectivity index (χ4v) is 1.47. The van der Waals surface area contributed by atoms with E-state index in [4.69, 9.17) is 5.11 Å². The SMILES string of the molecule is Cn1nc(CCO)c2ccncc21. The van der Waals surface area contributed by atoms with Gasteiger partial charge in [-0.3, -0.25) is 9.67 Å². The maximum Gasteiger partial charge on any atom is 0.0865 e. The number of hydrogen-bond donors (Lipinski definition) is 1. The van der Waals surface area contributed by atoms with Crippen molar-refractivity contribution >= 4 is 10.9 Å². The average molecular weight is 177 g/mol. The minimum absolute atomic E-state index is 0.133. The zero-order valence-corrected chi connectivity index (χ0v) is 7.44. The number of rotatable bonds is 2. The third kappa shape index (κ3) is 1.29. The lowest BCUT2D eigenvalue weighted by atomic mass is 10.2. The molecule has 2 heterocycles. The quantitative estimate of drug-likeness (QED) is 0.726. The smallest absolute Gasteiger partial charge is 0.0865 e. The summed E-state index contributed by atoms with van der Waals surface area (Å²) in [5.74, 6) is 0. The second-order valence-electron chi connectivity index (χ2n) is 2.94. The molecule has 2 rings (SSSR count). The van der Waals surface area contributed by atoms with Crippen molar-refractivity contribution in [1.82, 2.24) is 14.8 Å². The molecule has 13 heavy (non-hydrogen) atoms. The summed E-state index contributed by atoms with van der Waals surface area (Å²) in [6, 6.07) is 1.92. The normalized spacial score (nSPS) is 10.9. The second-order valence-corrected chi connectivity index (χ2v) is 2.94. The summed E-state index contributed by atoms with van der Waals surface area (Å²) in [5, 5.41) is 14.2. The van der Waals surface area contributed by atoms with Gasteiger partial charge in [0.15, 0.2) is 0 Å². The average Bonchev–Trinajstić information content (AvgIpc) is 2.46. The van der Waals surface area contributed by atoms with E-state index in [9.17, 15) is 0 Å². The zero-order valence-electron chi connectivity index (χ0n) is 7.44. The summed E-state index contributed by atoms with van der Waals surface area (Å²) >= 11 is 0. The first-order valence-electron chi connectivity index (χ1n) is 4.19. The largest absolute Gasteiger partial charge is 0.396 e. The summed E-state index contributed by atoms with van der Waals surface area (Å²) in [7, 11) is 1.88. The molecule has 0 aliphatic rings. The van der Waals surface area contributed by atoms with Crippen molar-refractivity contribution in [3.05, 3.63) is 24.2 Å². The number of aromatic nitrogens is 3. The summed E-state index contributed by atoms with van der Waals surface area (Å²) in [6.07, 6.45) is 4.12. The van der Waals surface area contributed by atoms with Crippen LogP contribution in [0.15, 0.2) is 18.5 Å². The molecule has 1 N–H and O–H groups in total. The molecule has 0 saturated carbocycles. The molecule has 2 aromatic heterocycles. The fraction of sp³-hybridized carbons (Fsp3) is 0.333. The van der Waals surface area contributed by atoms with Gasteiger partial charge in [-0.25, -0.2) is 0 Å². The van der Waals surface area contributed by atoms with E-state index in [2.05, 4.69) is 10.1 Å². The first kappa shape index (κ1) is 8.19. The van der Waals surface area contributed by atoms with E-state index in [0.29, 0.717) is 6.42 Å². The number of fused-ring (bicyclic) bond motifs is 1. The van der Waals surface area contributed by atoms with Gasteiger partial charge in [0.1, 0.15) is 0 Å². The van der Waals surface area contributed by atoms with Gasteiger partial charge < -0.3 is 5.11 Å². The van der Waals surface area contributed by atoms with Gasteiger partial charge in [0.25, 0.3) is 0 Å². The summed E-state index contributed by atoms with van der Waals surface area (Å²) in [5.41, 5.74) is 1.94. The Kier molecular flexibility index (Phi) is 1.98. The first-order chi connectivity index (χ1) is 6.33. The Morgan fingerprint density at radius 2 is 2.38 bits per heavy atom. The molecule has 0 radical (unpaired) electrons. The molecule has 68 valence electrons. The number of pyridine rings is 1. The Labute approximate surface area is 75.8 Å². The van der Waals surface area contributed by atoms with Crippen LogP contribution in [0.4, 0.5) is 0 Å². The first-order valence-corrected chi connectivity index (χ1v) is 4.19. The Balaban J connectivity index is 2.63. The van der Waals surface area contributed by atoms with Gasteiger partial charge in [-0.1, -0.05) is 0 Å². The van der Waals surface area contributed by atoms with Crippen LogP contribution in [-0.4, -0.2) is 26.5 Å². The van der Waals surface area contributed by atoms with Crippen molar-refractivity contribution in [3.63, 3.8) is 0 Å². The molecule has 0 aromatic carbocycles. The van der Waals surface area contributed by atoms with Crippen LogP contribution in [0, 0.1) is 0 Å². The van der Waals surface area contributed by atoms with Crippen LogP contribution in [0.2, 0.25) is 0 Å². The topological polar surface area (TPSA) is 50.9 Å². The van der Waals surface area contributed by atoms with Gasteiger partial charge in [-0.15, -0.1) is 0 Å². The maximum atomic E-state index is 8.82. The summed E-state index contributed by atoms with van der Waals surface area (Å²) < 4.78 is 1.79. The lowest BCUT2D eigenvalue weighted by molar-refractivity contribution is 0.298. The molecular weight excluding hydrogens is 166 g/mol. The highest BCUT2D eigenvalue weighted by atomic mass is 16.3. The number of aryl methyl sites for hydroxylation is 1. The molecule has 4 heteroatoms. The van der Waals surface area contributed by atoms with Gasteiger partial charge in [-0.2, -0.15) is 5.10 Å². The number of nitrogens with zero attached hydrogens (tertiary/aromatic N) is 3. The van der Waals surface area contributed by atoms with Crippen molar-refractivity contribution in [2.75, 3.05) is 6.61 Å². The van der Waals surface area contributed by atoms with Crippen LogP contribution in [0.25, 0.3) is 10.9 Å². The lowest BCUT2D eigenvalue weighted by Crippen LogP contribution is -1.94. The standard InChI is InChI=1S/C9H11N3O/c1-12-9-6-10-4-2-7(9)8(11-12)3-5-13/h2,4,6,13H,3,5H2,1H3. The molecule has 0 spiro atoms. The molecule has 0 aliphatic heterocycles. The molecule has 0 aliphatic carbocycles. The van der Waals surface area contributed by atoms with E-state index >= 15 is 0 Å². The van der Waals surface area contributed by atoms with Gasteiger partial charge in [-0.05, 0) is 6.07 Å². The van der Waals surface area contributed by atoms with Crippen molar-refractivity contribution in [2.24, 2.45) is 7.05 Å². The predicted molar refractivity (Wildman–Crippen MR) is 49.3 cm³/mol. The maximum absolute atomic E-state index is 8.82. The van der Waals surface area contributed by atoms with Gasteiger partial charge in [0, 0.05) is 31.7 Å². The second kappa shape index (κ2) is 3.14. The van der Waals surface area contributed by atoms with Crippen LogP contribution in [-0.2, 0) is 13.5 Å². The van der Waals surface area contributed by atoms with Gasteiger partial charge >= 0.3 is 0 Å². The Morgan fingerprint density at radius 1 is 1.54 bits per heavy atom. The zero-order chi connectivity index (χ0) is 9.26. The molecular formula is C9H11N3O. The minimum atomic E-state index is 0.133. The number of aliphatic hydroxyl groups is 1. The van der Waals surface area contributed by atoms with E-state index in [1.165, 1.54) is 0 Å². The van der Waals surface area contributed by atoms with Crippen molar-refractivity contribution in [2.45, 2.75) is 6.42 Å². The molecule has 0 unspecified atom stereocenters. The van der Waals surface area contributed by atoms with Crippen LogP contribution in [0.3, 0.4) is 0 Å². The van der Waals surface area contributed by atoms with Gasteiger partial charge in [0.05, 0.1) is 17.4 Å². The third-order valence-electron chi connectivity index (χ3n) is 2.08. The molecule has 2 aromatic rings. The molecule has 0 fully saturated rings. The molecule has 4 nitrogen and oxygen atoms in total. The highest BCUT2D eigenvalue weighted by Crippen LogP contribution is 2.16. The van der Waals surface area contributed by atoms with E-state index in [1.54, 1.807) is 17.1 Å². The third-order valence-corrected chi connectivity index (χ3v) is 2.08. The van der Waals surface area contributed by atoms with Crippen molar-refractivity contribution in [3.8, 4) is 0 Å². The lowest BCUT2D eigenvalue weighted by Gasteiger charge is -1.91. The number of aliphatic hydroxyl groups excluding tert-OH is 1. The Morgan fingerprint density at radius 3 is 3.15 bits per heavy atom. The molecule has 0 amide bonds. The highest BCUT2D eigenvalue weighted by Gasteiger charge is 2.06. The summed E-state index contributed by atoms with van der Waals surface area (Å²) in [6.45, 7) is 0.133. The van der Waals surface area contributed by atoms with Crippen LogP contribution in [0.1, 0.15) is 5.69 Å².